The van der Waals surface area contributed by atoms with E-state index in [9.17, 15) is 0 Å². The summed E-state index contributed by atoms with van der Waals surface area (Å²) in [6.45, 7) is 7.28. The Labute approximate surface area is 178 Å². The standard InChI is InChI=1S/C24H30N6/c1-19-6-5-11-28(15-19)23-14-24(26-17-25-23)29-13-10-22-21(16-29)27-18-30(22)12-9-20-7-3-2-4-8-20/h2-4,7-8,14,17-19H,5-6,9-13,15-16H2,1H3. The summed E-state index contributed by atoms with van der Waals surface area (Å²) in [6.07, 6.45) is 8.33. The second-order valence-electron chi connectivity index (χ2n) is 8.67. The van der Waals surface area contributed by atoms with E-state index in [1.807, 2.05) is 6.33 Å². The van der Waals surface area contributed by atoms with Gasteiger partial charge in [-0.15, -0.1) is 0 Å². The minimum Gasteiger partial charge on any atom is -0.356 e. The molecule has 30 heavy (non-hydrogen) atoms. The van der Waals surface area contributed by atoms with Crippen molar-refractivity contribution < 1.29 is 0 Å². The van der Waals surface area contributed by atoms with Gasteiger partial charge >= 0.3 is 0 Å². The molecule has 0 spiro atoms. The first kappa shape index (κ1) is 19.1. The third-order valence-corrected chi connectivity index (χ3v) is 6.42. The highest BCUT2D eigenvalue weighted by Crippen LogP contribution is 2.27. The van der Waals surface area contributed by atoms with Gasteiger partial charge in [0.1, 0.15) is 18.0 Å². The summed E-state index contributed by atoms with van der Waals surface area (Å²) in [5.74, 6) is 2.81. The van der Waals surface area contributed by atoms with Crippen LogP contribution in [0.25, 0.3) is 0 Å². The quantitative estimate of drug-likeness (QED) is 0.651. The second kappa shape index (κ2) is 8.46. The van der Waals surface area contributed by atoms with Crippen molar-refractivity contribution in [3.63, 3.8) is 0 Å². The zero-order valence-corrected chi connectivity index (χ0v) is 17.7. The molecule has 0 aliphatic carbocycles. The van der Waals surface area contributed by atoms with Gasteiger partial charge in [0.15, 0.2) is 0 Å². The Bertz CT molecular complexity index is 982. The fourth-order valence-corrected chi connectivity index (χ4v) is 4.73. The van der Waals surface area contributed by atoms with Gasteiger partial charge in [0.2, 0.25) is 0 Å². The van der Waals surface area contributed by atoms with Crippen LogP contribution in [-0.2, 0) is 25.9 Å². The van der Waals surface area contributed by atoms with Gasteiger partial charge in [-0.3, -0.25) is 0 Å². The molecule has 0 N–H and O–H groups in total. The third kappa shape index (κ3) is 4.04. The highest BCUT2D eigenvalue weighted by atomic mass is 15.2. The van der Waals surface area contributed by atoms with Crippen LogP contribution < -0.4 is 9.80 Å². The SMILES string of the molecule is CC1CCCN(c2cc(N3CCc4c(ncn4CCc4ccccc4)C3)ncn2)C1. The first-order chi connectivity index (χ1) is 14.8. The van der Waals surface area contributed by atoms with E-state index in [-0.39, 0.29) is 0 Å². The van der Waals surface area contributed by atoms with Crippen LogP contribution >= 0.6 is 0 Å². The van der Waals surface area contributed by atoms with E-state index in [0.717, 1.165) is 63.1 Å². The van der Waals surface area contributed by atoms with Crippen molar-refractivity contribution in [2.75, 3.05) is 29.4 Å². The predicted octanol–water partition coefficient (Wildman–Crippen LogP) is 3.71. The molecule has 2 aromatic heterocycles. The number of anilines is 2. The number of imidazole rings is 1. The maximum Gasteiger partial charge on any atom is 0.134 e. The van der Waals surface area contributed by atoms with Gasteiger partial charge in [-0.2, -0.15) is 0 Å². The minimum absolute atomic E-state index is 0.731. The topological polar surface area (TPSA) is 50.1 Å². The molecule has 1 fully saturated rings. The summed E-state index contributed by atoms with van der Waals surface area (Å²) >= 11 is 0. The number of hydrogen-bond donors (Lipinski definition) is 0. The number of piperidine rings is 1. The monoisotopic (exact) mass is 402 g/mol. The fourth-order valence-electron chi connectivity index (χ4n) is 4.73. The lowest BCUT2D eigenvalue weighted by atomic mass is 10.0. The van der Waals surface area contributed by atoms with Crippen molar-refractivity contribution in [1.82, 2.24) is 19.5 Å². The number of aryl methyl sites for hydroxylation is 2. The first-order valence-corrected chi connectivity index (χ1v) is 11.1. The lowest BCUT2D eigenvalue weighted by Gasteiger charge is -2.33. The third-order valence-electron chi connectivity index (χ3n) is 6.42. The maximum atomic E-state index is 4.73. The van der Waals surface area contributed by atoms with Crippen molar-refractivity contribution in [3.05, 3.63) is 66.0 Å². The fraction of sp³-hybridized carbons (Fsp3) is 0.458. The molecule has 1 aromatic carbocycles. The smallest absolute Gasteiger partial charge is 0.134 e. The van der Waals surface area contributed by atoms with Crippen LogP contribution in [0.3, 0.4) is 0 Å². The molecule has 2 aliphatic rings. The summed E-state index contributed by atoms with van der Waals surface area (Å²) in [5, 5.41) is 0. The van der Waals surface area contributed by atoms with Crippen molar-refractivity contribution in [1.29, 1.82) is 0 Å². The highest BCUT2D eigenvalue weighted by molar-refractivity contribution is 5.51. The molecule has 1 atom stereocenters. The Balaban J connectivity index is 1.27. The molecule has 6 nitrogen and oxygen atoms in total. The molecular weight excluding hydrogens is 372 g/mol. The molecule has 5 rings (SSSR count). The molecule has 4 heterocycles. The average Bonchev–Trinajstić information content (AvgIpc) is 3.21. The number of benzene rings is 1. The van der Waals surface area contributed by atoms with E-state index in [0.29, 0.717) is 0 Å². The van der Waals surface area contributed by atoms with Crippen LogP contribution in [0.15, 0.2) is 49.1 Å². The van der Waals surface area contributed by atoms with Gasteiger partial charge < -0.3 is 14.4 Å². The first-order valence-electron chi connectivity index (χ1n) is 11.1. The lowest BCUT2D eigenvalue weighted by molar-refractivity contribution is 0.444. The van der Waals surface area contributed by atoms with Crippen molar-refractivity contribution in [2.24, 2.45) is 5.92 Å². The Morgan fingerprint density at radius 1 is 1.00 bits per heavy atom. The van der Waals surface area contributed by atoms with Gasteiger partial charge in [0.25, 0.3) is 0 Å². The maximum absolute atomic E-state index is 4.73. The zero-order valence-electron chi connectivity index (χ0n) is 17.7. The molecule has 0 amide bonds. The van der Waals surface area contributed by atoms with E-state index in [4.69, 9.17) is 4.98 Å². The predicted molar refractivity (Wildman–Crippen MR) is 120 cm³/mol. The lowest BCUT2D eigenvalue weighted by Crippen LogP contribution is -2.35. The number of nitrogens with zero attached hydrogens (tertiary/aromatic N) is 6. The van der Waals surface area contributed by atoms with E-state index in [1.165, 1.54) is 29.8 Å². The minimum atomic E-state index is 0.731. The van der Waals surface area contributed by atoms with Crippen LogP contribution in [0.1, 0.15) is 36.7 Å². The van der Waals surface area contributed by atoms with Crippen molar-refractivity contribution in [2.45, 2.75) is 45.7 Å². The summed E-state index contributed by atoms with van der Waals surface area (Å²) in [6, 6.07) is 12.8. The molecule has 156 valence electrons. The van der Waals surface area contributed by atoms with Gasteiger partial charge in [-0.1, -0.05) is 37.3 Å². The summed E-state index contributed by atoms with van der Waals surface area (Å²) in [5.41, 5.74) is 3.93. The Kier molecular flexibility index (Phi) is 5.39. The number of hydrogen-bond acceptors (Lipinski definition) is 5. The molecule has 0 bridgehead atoms. The van der Waals surface area contributed by atoms with Gasteiger partial charge in [0, 0.05) is 44.4 Å². The van der Waals surface area contributed by atoms with Crippen LogP contribution in [0.2, 0.25) is 0 Å². The van der Waals surface area contributed by atoms with Gasteiger partial charge in [-0.25, -0.2) is 15.0 Å². The number of rotatable bonds is 5. The Morgan fingerprint density at radius 2 is 1.83 bits per heavy atom. The largest absolute Gasteiger partial charge is 0.356 e. The average molecular weight is 403 g/mol. The zero-order chi connectivity index (χ0) is 20.3. The van der Waals surface area contributed by atoms with Crippen LogP contribution in [-0.4, -0.2) is 39.2 Å². The molecule has 3 aromatic rings. The van der Waals surface area contributed by atoms with Crippen LogP contribution in [0.4, 0.5) is 11.6 Å². The summed E-state index contributed by atoms with van der Waals surface area (Å²) in [4.78, 5) is 18.6. The number of fused-ring (bicyclic) bond motifs is 1. The normalized spacial score (nSPS) is 19.0. The van der Waals surface area contributed by atoms with E-state index in [1.54, 1.807) is 6.33 Å². The Morgan fingerprint density at radius 3 is 2.67 bits per heavy atom. The Hall–Kier alpha value is -2.89. The molecule has 1 unspecified atom stereocenters. The van der Waals surface area contributed by atoms with Crippen LogP contribution in [0.5, 0.6) is 0 Å². The molecular formula is C24H30N6. The summed E-state index contributed by atoms with van der Waals surface area (Å²) < 4.78 is 2.33. The molecule has 6 heteroatoms. The molecule has 0 radical (unpaired) electrons. The van der Waals surface area contributed by atoms with Gasteiger partial charge in [0.05, 0.1) is 18.6 Å². The summed E-state index contributed by atoms with van der Waals surface area (Å²) in [7, 11) is 0. The van der Waals surface area contributed by atoms with Crippen molar-refractivity contribution in [3.8, 4) is 0 Å². The van der Waals surface area contributed by atoms with Gasteiger partial charge in [-0.05, 0) is 30.7 Å². The highest BCUT2D eigenvalue weighted by Gasteiger charge is 2.23. The van der Waals surface area contributed by atoms with E-state index >= 15 is 0 Å². The van der Waals surface area contributed by atoms with E-state index in [2.05, 4.69) is 67.7 Å². The van der Waals surface area contributed by atoms with E-state index < -0.39 is 0 Å². The molecule has 2 aliphatic heterocycles. The molecule has 0 saturated carbocycles. The number of aromatic nitrogens is 4. The van der Waals surface area contributed by atoms with Crippen LogP contribution in [0, 0.1) is 5.92 Å². The molecule has 1 saturated heterocycles. The second-order valence-corrected chi connectivity index (χ2v) is 8.67. The van der Waals surface area contributed by atoms with Crippen molar-refractivity contribution >= 4 is 11.6 Å².